The molecule has 2 aliphatic rings. The number of nitrogens with zero attached hydrogens (tertiary/aromatic N) is 3. The molecule has 0 aliphatic carbocycles. The second kappa shape index (κ2) is 7.62. The summed E-state index contributed by atoms with van der Waals surface area (Å²) in [6.45, 7) is 2.77. The molecule has 1 amide bonds. The van der Waals surface area contributed by atoms with Crippen molar-refractivity contribution < 1.29 is 19.2 Å². The van der Waals surface area contributed by atoms with Gasteiger partial charge < -0.3 is 25.5 Å². The molecule has 10 heteroatoms. The third-order valence-electron chi connectivity index (χ3n) is 5.23. The van der Waals surface area contributed by atoms with E-state index in [1.807, 2.05) is 6.92 Å². The molecule has 29 heavy (non-hydrogen) atoms. The first-order valence-corrected chi connectivity index (χ1v) is 9.27. The molecule has 0 spiro atoms. The molecule has 1 aromatic heterocycles. The first-order valence-electron chi connectivity index (χ1n) is 9.27. The third-order valence-corrected chi connectivity index (χ3v) is 5.23. The van der Waals surface area contributed by atoms with Crippen molar-refractivity contribution in [1.82, 2.24) is 9.78 Å². The van der Waals surface area contributed by atoms with Gasteiger partial charge in [0.1, 0.15) is 11.3 Å². The van der Waals surface area contributed by atoms with Gasteiger partial charge in [0.25, 0.3) is 5.91 Å². The quantitative estimate of drug-likeness (QED) is 0.671. The van der Waals surface area contributed by atoms with Crippen LogP contribution >= 0.6 is 0 Å². The van der Waals surface area contributed by atoms with Crippen LogP contribution < -0.4 is 15.7 Å². The van der Waals surface area contributed by atoms with E-state index in [4.69, 9.17) is 15.1 Å². The Bertz CT molecular complexity index is 1030. The topological polar surface area (TPSA) is 135 Å². The SMILES string of the molecule is Cc1c(Nc2nn([C@H]3COCC[C@@H]3C#N)cc2C(N)=O)ccc2c1C=CB(O)O2. The number of rotatable bonds is 4. The van der Waals surface area contributed by atoms with Crippen molar-refractivity contribution in [1.29, 1.82) is 5.26 Å². The van der Waals surface area contributed by atoms with E-state index in [0.29, 0.717) is 31.2 Å². The number of carbonyl (C=O) groups is 1. The molecular weight excluding hydrogens is 373 g/mol. The van der Waals surface area contributed by atoms with Gasteiger partial charge in [-0.25, -0.2) is 0 Å². The Morgan fingerprint density at radius 3 is 3.10 bits per heavy atom. The molecule has 0 radical (unpaired) electrons. The van der Waals surface area contributed by atoms with Crippen LogP contribution in [-0.2, 0) is 4.74 Å². The summed E-state index contributed by atoms with van der Waals surface area (Å²) in [7, 11) is -0.969. The van der Waals surface area contributed by atoms with Crippen molar-refractivity contribution in [2.75, 3.05) is 18.5 Å². The summed E-state index contributed by atoms with van der Waals surface area (Å²) in [4.78, 5) is 12.0. The minimum absolute atomic E-state index is 0.228. The number of primary amides is 1. The summed E-state index contributed by atoms with van der Waals surface area (Å²) in [5.74, 6) is 1.55. The maximum atomic E-state index is 12.0. The number of hydrogen-bond donors (Lipinski definition) is 3. The van der Waals surface area contributed by atoms with Crippen molar-refractivity contribution >= 4 is 30.6 Å². The van der Waals surface area contributed by atoms with E-state index in [0.717, 1.165) is 16.8 Å². The first-order chi connectivity index (χ1) is 14.0. The maximum absolute atomic E-state index is 12.0. The summed E-state index contributed by atoms with van der Waals surface area (Å²) in [6, 6.07) is 5.52. The highest BCUT2D eigenvalue weighted by molar-refractivity contribution is 6.51. The van der Waals surface area contributed by atoms with Gasteiger partial charge >= 0.3 is 7.12 Å². The number of anilines is 2. The Hall–Kier alpha value is -3.29. The van der Waals surface area contributed by atoms with Gasteiger partial charge in [-0.1, -0.05) is 6.08 Å². The lowest BCUT2D eigenvalue weighted by atomic mass is 9.85. The summed E-state index contributed by atoms with van der Waals surface area (Å²) in [6.07, 6.45) is 3.95. The molecule has 2 aliphatic heterocycles. The summed E-state index contributed by atoms with van der Waals surface area (Å²) < 4.78 is 12.5. The van der Waals surface area contributed by atoms with Gasteiger partial charge in [-0.3, -0.25) is 9.48 Å². The van der Waals surface area contributed by atoms with Gasteiger partial charge in [-0.05, 0) is 37.0 Å². The highest BCUT2D eigenvalue weighted by Crippen LogP contribution is 2.34. The first kappa shape index (κ1) is 19.0. The Balaban J connectivity index is 1.68. The molecular formula is C19H20BN5O4. The molecule has 3 heterocycles. The average Bonchev–Trinajstić information content (AvgIpc) is 3.14. The van der Waals surface area contributed by atoms with Crippen molar-refractivity contribution in [2.24, 2.45) is 11.7 Å². The highest BCUT2D eigenvalue weighted by atomic mass is 16.5. The molecule has 1 aromatic carbocycles. The van der Waals surface area contributed by atoms with Crippen LogP contribution in [0, 0.1) is 24.2 Å². The van der Waals surface area contributed by atoms with E-state index in [1.165, 1.54) is 0 Å². The van der Waals surface area contributed by atoms with Gasteiger partial charge in [0, 0.05) is 24.1 Å². The van der Waals surface area contributed by atoms with E-state index in [9.17, 15) is 15.1 Å². The zero-order valence-corrected chi connectivity index (χ0v) is 15.8. The van der Waals surface area contributed by atoms with Crippen molar-refractivity contribution in [3.05, 3.63) is 41.0 Å². The fourth-order valence-corrected chi connectivity index (χ4v) is 3.59. The Morgan fingerprint density at radius 2 is 2.34 bits per heavy atom. The number of amides is 1. The molecule has 2 aromatic rings. The molecule has 0 bridgehead atoms. The Morgan fingerprint density at radius 1 is 1.52 bits per heavy atom. The summed E-state index contributed by atoms with van der Waals surface area (Å²) >= 11 is 0. The number of nitrogens with one attached hydrogen (secondary N) is 1. The predicted octanol–water partition coefficient (Wildman–Crippen LogP) is 1.56. The number of nitriles is 1. The Kier molecular flexibility index (Phi) is 5.00. The molecule has 4 rings (SSSR count). The lowest BCUT2D eigenvalue weighted by Gasteiger charge is -2.27. The lowest BCUT2D eigenvalue weighted by Crippen LogP contribution is -2.29. The third kappa shape index (κ3) is 3.58. The molecule has 0 saturated carbocycles. The van der Waals surface area contributed by atoms with Crippen LogP contribution in [0.15, 0.2) is 24.3 Å². The normalized spacial score (nSPS) is 20.5. The molecule has 148 valence electrons. The van der Waals surface area contributed by atoms with Gasteiger partial charge in [0.2, 0.25) is 0 Å². The zero-order chi connectivity index (χ0) is 20.5. The standard InChI is InChI=1S/C19H20BN5O4/c1-11-13-4-6-20(27)29-17(13)3-2-15(11)23-19-14(18(22)26)9-25(24-19)16-10-28-7-5-12(16)8-21/h2-4,6,9,12,16,27H,5,7,10H2,1H3,(H2,22,26)(H,23,24)/t12-,16+/m1/s1. The smallest absolute Gasteiger partial charge is 0.532 e. The zero-order valence-electron chi connectivity index (χ0n) is 15.8. The lowest BCUT2D eigenvalue weighted by molar-refractivity contribution is 0.0342. The van der Waals surface area contributed by atoms with Crippen molar-refractivity contribution in [2.45, 2.75) is 19.4 Å². The summed E-state index contributed by atoms with van der Waals surface area (Å²) in [5, 5.41) is 26.7. The average molecular weight is 393 g/mol. The molecule has 4 N–H and O–H groups in total. The van der Waals surface area contributed by atoms with Crippen LogP contribution in [0.25, 0.3) is 6.08 Å². The fourth-order valence-electron chi connectivity index (χ4n) is 3.59. The number of hydrogen-bond acceptors (Lipinski definition) is 7. The number of nitrogens with two attached hydrogens (primary N) is 1. The molecule has 1 fully saturated rings. The van der Waals surface area contributed by atoms with Crippen LogP contribution in [-0.4, -0.2) is 41.0 Å². The molecule has 9 nitrogen and oxygen atoms in total. The minimum atomic E-state index is -0.969. The highest BCUT2D eigenvalue weighted by Gasteiger charge is 2.30. The minimum Gasteiger partial charge on any atom is -0.532 e. The molecule has 0 unspecified atom stereocenters. The number of aromatic nitrogens is 2. The van der Waals surface area contributed by atoms with E-state index < -0.39 is 13.0 Å². The van der Waals surface area contributed by atoms with Gasteiger partial charge in [0.15, 0.2) is 5.82 Å². The van der Waals surface area contributed by atoms with E-state index >= 15 is 0 Å². The molecule has 1 saturated heterocycles. The van der Waals surface area contributed by atoms with Gasteiger partial charge in [-0.15, -0.1) is 0 Å². The van der Waals surface area contributed by atoms with Crippen LogP contribution in [0.3, 0.4) is 0 Å². The Labute approximate surface area is 167 Å². The number of carbonyl (C=O) groups excluding carboxylic acids is 1. The summed E-state index contributed by atoms with van der Waals surface area (Å²) in [5.41, 5.74) is 8.20. The van der Waals surface area contributed by atoms with Crippen LogP contribution in [0.5, 0.6) is 5.75 Å². The molecule has 2 atom stereocenters. The fraction of sp³-hybridized carbons (Fsp3) is 0.316. The second-order valence-electron chi connectivity index (χ2n) is 7.04. The largest absolute Gasteiger partial charge is 0.552 e. The van der Waals surface area contributed by atoms with Crippen molar-refractivity contribution in [3.8, 4) is 11.8 Å². The number of fused-ring (bicyclic) bond motifs is 1. The number of benzene rings is 1. The predicted molar refractivity (Wildman–Crippen MR) is 106 cm³/mol. The van der Waals surface area contributed by atoms with Crippen molar-refractivity contribution in [3.63, 3.8) is 0 Å². The van der Waals surface area contributed by atoms with Gasteiger partial charge in [0.05, 0.1) is 24.6 Å². The monoisotopic (exact) mass is 393 g/mol. The van der Waals surface area contributed by atoms with Crippen LogP contribution in [0.2, 0.25) is 0 Å². The van der Waals surface area contributed by atoms with E-state index in [1.54, 1.807) is 35.1 Å². The van der Waals surface area contributed by atoms with Crippen LogP contribution in [0.4, 0.5) is 11.5 Å². The second-order valence-corrected chi connectivity index (χ2v) is 7.04. The van der Waals surface area contributed by atoms with Crippen LogP contribution in [0.1, 0.15) is 33.9 Å². The number of ether oxygens (including phenoxy) is 1. The van der Waals surface area contributed by atoms with Gasteiger partial charge in [-0.2, -0.15) is 10.4 Å². The van der Waals surface area contributed by atoms with E-state index in [2.05, 4.69) is 16.5 Å². The van der Waals surface area contributed by atoms with E-state index in [-0.39, 0.29) is 17.5 Å². The maximum Gasteiger partial charge on any atom is 0.552 e.